The van der Waals surface area contributed by atoms with Crippen molar-refractivity contribution in [2.75, 3.05) is 6.61 Å². The Bertz CT molecular complexity index is 402. The van der Waals surface area contributed by atoms with E-state index >= 15 is 0 Å². The van der Waals surface area contributed by atoms with Crippen molar-refractivity contribution in [1.82, 2.24) is 0 Å². The number of hydrogen-bond donors (Lipinski definition) is 0. The smallest absolute Gasteiger partial charge is 0.0603 e. The molecule has 0 amide bonds. The van der Waals surface area contributed by atoms with Gasteiger partial charge in [0.05, 0.1) is 12.7 Å². The third-order valence-corrected chi connectivity index (χ3v) is 7.27. The monoisotopic (exact) mass is 344 g/mol. The molecule has 0 aromatic carbocycles. The highest BCUT2D eigenvalue weighted by Gasteiger charge is 2.30. The fraction of sp³-hybridized carbons (Fsp3) is 0.833. The van der Waals surface area contributed by atoms with Gasteiger partial charge in [-0.2, -0.15) is 0 Å². The molecule has 0 N–H and O–H groups in total. The first-order chi connectivity index (χ1) is 12.3. The highest BCUT2D eigenvalue weighted by molar-refractivity contribution is 4.97. The Labute approximate surface area is 156 Å². The Morgan fingerprint density at radius 3 is 2.04 bits per heavy atom. The van der Waals surface area contributed by atoms with Crippen molar-refractivity contribution < 1.29 is 4.74 Å². The fourth-order valence-corrected chi connectivity index (χ4v) is 5.46. The van der Waals surface area contributed by atoms with Crippen molar-refractivity contribution in [3.8, 4) is 0 Å². The predicted molar refractivity (Wildman–Crippen MR) is 108 cm³/mol. The third kappa shape index (κ3) is 5.71. The molecule has 2 aliphatic carbocycles. The Balaban J connectivity index is 1.35. The van der Waals surface area contributed by atoms with E-state index in [1.54, 1.807) is 0 Å². The van der Waals surface area contributed by atoms with Gasteiger partial charge in [-0.15, -0.1) is 6.58 Å². The topological polar surface area (TPSA) is 9.23 Å². The van der Waals surface area contributed by atoms with Crippen LogP contribution in [0.2, 0.25) is 0 Å². The summed E-state index contributed by atoms with van der Waals surface area (Å²) in [6, 6.07) is 0. The lowest BCUT2D eigenvalue weighted by Crippen LogP contribution is -2.33. The van der Waals surface area contributed by atoms with E-state index in [0.29, 0.717) is 12.0 Å². The largest absolute Gasteiger partial charge is 0.377 e. The van der Waals surface area contributed by atoms with Gasteiger partial charge in [0.15, 0.2) is 0 Å². The van der Waals surface area contributed by atoms with Crippen molar-refractivity contribution >= 4 is 0 Å². The maximum absolute atomic E-state index is 6.31. The van der Waals surface area contributed by atoms with E-state index < -0.39 is 0 Å². The van der Waals surface area contributed by atoms with Crippen LogP contribution in [-0.2, 0) is 4.74 Å². The molecule has 142 valence electrons. The van der Waals surface area contributed by atoms with E-state index in [4.69, 9.17) is 4.74 Å². The molecule has 0 aromatic heterocycles. The highest BCUT2D eigenvalue weighted by atomic mass is 16.5. The molecule has 3 rings (SSSR count). The second kappa shape index (κ2) is 9.95. The molecule has 25 heavy (non-hydrogen) atoms. The van der Waals surface area contributed by atoms with E-state index in [0.717, 1.165) is 30.3 Å². The van der Waals surface area contributed by atoms with Gasteiger partial charge in [-0.1, -0.05) is 38.0 Å². The minimum atomic E-state index is 0.542. The minimum absolute atomic E-state index is 0.542. The van der Waals surface area contributed by atoms with Gasteiger partial charge in [0.1, 0.15) is 0 Å². The van der Waals surface area contributed by atoms with Crippen LogP contribution in [0.5, 0.6) is 0 Å². The van der Waals surface area contributed by atoms with Gasteiger partial charge in [-0.05, 0) is 87.9 Å². The second-order valence-corrected chi connectivity index (χ2v) is 9.07. The van der Waals surface area contributed by atoms with E-state index in [1.807, 2.05) is 0 Å². The lowest BCUT2D eigenvalue weighted by atomic mass is 9.77. The summed E-state index contributed by atoms with van der Waals surface area (Å²) in [5.74, 6) is 4.12. The van der Waals surface area contributed by atoms with Crippen LogP contribution < -0.4 is 0 Å². The van der Waals surface area contributed by atoms with Gasteiger partial charge < -0.3 is 4.74 Å². The third-order valence-electron chi connectivity index (χ3n) is 7.27. The lowest BCUT2D eigenvalue weighted by molar-refractivity contribution is -0.0479. The average molecular weight is 345 g/mol. The molecule has 3 fully saturated rings. The van der Waals surface area contributed by atoms with Crippen LogP contribution >= 0.6 is 0 Å². The molecular weight excluding hydrogens is 304 g/mol. The number of allylic oxidation sites excluding steroid dienone is 2. The van der Waals surface area contributed by atoms with Crippen LogP contribution in [0, 0.1) is 29.6 Å². The molecule has 0 radical (unpaired) electrons. The Morgan fingerprint density at radius 2 is 1.44 bits per heavy atom. The summed E-state index contributed by atoms with van der Waals surface area (Å²) < 4.78 is 6.31. The van der Waals surface area contributed by atoms with Crippen molar-refractivity contribution in [3.63, 3.8) is 0 Å². The van der Waals surface area contributed by atoms with Crippen LogP contribution in [0.4, 0.5) is 0 Å². The molecule has 1 heterocycles. The van der Waals surface area contributed by atoms with Crippen LogP contribution in [0.25, 0.3) is 0 Å². The van der Waals surface area contributed by atoms with E-state index in [1.165, 1.54) is 77.0 Å². The molecule has 0 bridgehead atoms. The SMILES string of the molecule is C=CC1CCC(C2CCC(/C=C/C3CCC(CCC)CC3)CO2)CC1. The van der Waals surface area contributed by atoms with Gasteiger partial charge in [-0.25, -0.2) is 0 Å². The van der Waals surface area contributed by atoms with Crippen molar-refractivity contribution in [1.29, 1.82) is 0 Å². The Kier molecular flexibility index (Phi) is 7.65. The standard InChI is InChI=1S/C24H40O/c1-3-5-20-6-8-21(9-7-20)10-11-22-14-17-24(25-18-22)23-15-12-19(4-2)13-16-23/h4,10-11,19-24H,2-3,5-9,12-18H2,1H3/b11-10+. The summed E-state index contributed by atoms with van der Waals surface area (Å²) >= 11 is 0. The van der Waals surface area contributed by atoms with E-state index in [-0.39, 0.29) is 0 Å². The van der Waals surface area contributed by atoms with Crippen LogP contribution in [0.15, 0.2) is 24.8 Å². The van der Waals surface area contributed by atoms with Gasteiger partial charge >= 0.3 is 0 Å². The molecule has 2 saturated carbocycles. The normalized spacial score (nSPS) is 40.2. The first kappa shape index (κ1) is 19.2. The molecule has 0 aromatic rings. The fourth-order valence-electron chi connectivity index (χ4n) is 5.46. The summed E-state index contributed by atoms with van der Waals surface area (Å²) in [7, 11) is 0. The zero-order valence-corrected chi connectivity index (χ0v) is 16.5. The van der Waals surface area contributed by atoms with Gasteiger partial charge in [0, 0.05) is 5.92 Å². The summed E-state index contributed by atoms with van der Waals surface area (Å²) in [5.41, 5.74) is 0. The van der Waals surface area contributed by atoms with Crippen LogP contribution in [0.1, 0.15) is 84.0 Å². The quantitative estimate of drug-likeness (QED) is 0.474. The Hall–Kier alpha value is -0.560. The lowest BCUT2D eigenvalue weighted by Gasteiger charge is -2.37. The molecule has 2 unspecified atom stereocenters. The number of ether oxygens (including phenoxy) is 1. The zero-order chi connectivity index (χ0) is 17.5. The molecule has 3 aliphatic rings. The van der Waals surface area contributed by atoms with E-state index in [2.05, 4.69) is 31.7 Å². The molecule has 2 atom stereocenters. The Morgan fingerprint density at radius 1 is 0.800 bits per heavy atom. The maximum atomic E-state index is 6.31. The molecule has 0 spiro atoms. The van der Waals surface area contributed by atoms with Crippen molar-refractivity contribution in [3.05, 3.63) is 24.8 Å². The van der Waals surface area contributed by atoms with E-state index in [9.17, 15) is 0 Å². The number of rotatable bonds is 6. The highest BCUT2D eigenvalue weighted by Crippen LogP contribution is 2.37. The summed E-state index contributed by atoms with van der Waals surface area (Å²) in [6.45, 7) is 7.26. The molecule has 1 aliphatic heterocycles. The van der Waals surface area contributed by atoms with Crippen molar-refractivity contribution in [2.24, 2.45) is 29.6 Å². The summed E-state index contributed by atoms with van der Waals surface area (Å²) in [6.07, 6.45) is 24.3. The molecule has 1 nitrogen and oxygen atoms in total. The predicted octanol–water partition coefficient (Wildman–Crippen LogP) is 6.94. The first-order valence-corrected chi connectivity index (χ1v) is 11.2. The van der Waals surface area contributed by atoms with Crippen LogP contribution in [0.3, 0.4) is 0 Å². The van der Waals surface area contributed by atoms with Gasteiger partial charge in [-0.3, -0.25) is 0 Å². The van der Waals surface area contributed by atoms with Gasteiger partial charge in [0.2, 0.25) is 0 Å². The summed E-state index contributed by atoms with van der Waals surface area (Å²) in [5, 5.41) is 0. The maximum Gasteiger partial charge on any atom is 0.0603 e. The molecular formula is C24H40O. The average Bonchev–Trinajstić information content (AvgIpc) is 2.68. The van der Waals surface area contributed by atoms with Gasteiger partial charge in [0.25, 0.3) is 0 Å². The second-order valence-electron chi connectivity index (χ2n) is 9.07. The molecule has 1 heteroatoms. The van der Waals surface area contributed by atoms with Crippen LogP contribution in [-0.4, -0.2) is 12.7 Å². The zero-order valence-electron chi connectivity index (χ0n) is 16.5. The number of hydrogen-bond acceptors (Lipinski definition) is 1. The van der Waals surface area contributed by atoms with Crippen molar-refractivity contribution in [2.45, 2.75) is 90.1 Å². The minimum Gasteiger partial charge on any atom is -0.377 e. The summed E-state index contributed by atoms with van der Waals surface area (Å²) in [4.78, 5) is 0. The molecule has 1 saturated heterocycles. The first-order valence-electron chi connectivity index (χ1n) is 11.2.